The van der Waals surface area contributed by atoms with Crippen LogP contribution in [-0.2, 0) is 9.47 Å². The van der Waals surface area contributed by atoms with Crippen LogP contribution < -0.4 is 0 Å². The second-order valence-electron chi connectivity index (χ2n) is 3.88. The lowest BCUT2D eigenvalue weighted by atomic mass is 10.1. The SMILES string of the molecule is C=C(C)CCOC(=O)c1ccccc1C(=O)OC. The first-order valence-corrected chi connectivity index (χ1v) is 5.55. The molecule has 0 saturated heterocycles. The van der Waals surface area contributed by atoms with Crippen molar-refractivity contribution in [3.63, 3.8) is 0 Å². The van der Waals surface area contributed by atoms with Gasteiger partial charge in [0.25, 0.3) is 0 Å². The van der Waals surface area contributed by atoms with Crippen LogP contribution in [0.2, 0.25) is 0 Å². The predicted octanol–water partition coefficient (Wildman–Crippen LogP) is 2.60. The third-order valence-electron chi connectivity index (χ3n) is 2.31. The maximum Gasteiger partial charge on any atom is 0.339 e. The van der Waals surface area contributed by atoms with Crippen molar-refractivity contribution < 1.29 is 19.1 Å². The van der Waals surface area contributed by atoms with Gasteiger partial charge in [0.1, 0.15) is 0 Å². The standard InChI is InChI=1S/C14H16O4/c1-10(2)8-9-18-14(16)12-7-5-4-6-11(12)13(15)17-3/h4-7H,1,8-9H2,2-3H3. The summed E-state index contributed by atoms with van der Waals surface area (Å²) in [5, 5.41) is 0. The Labute approximate surface area is 106 Å². The number of methoxy groups -OCH3 is 1. The van der Waals surface area contributed by atoms with E-state index < -0.39 is 11.9 Å². The second-order valence-corrected chi connectivity index (χ2v) is 3.88. The van der Waals surface area contributed by atoms with Crippen LogP contribution in [0.5, 0.6) is 0 Å². The van der Waals surface area contributed by atoms with E-state index in [1.54, 1.807) is 12.1 Å². The van der Waals surface area contributed by atoms with E-state index in [1.807, 2.05) is 6.92 Å². The van der Waals surface area contributed by atoms with Crippen molar-refractivity contribution >= 4 is 11.9 Å². The summed E-state index contributed by atoms with van der Waals surface area (Å²) in [5.74, 6) is -1.08. The van der Waals surface area contributed by atoms with Gasteiger partial charge in [-0.25, -0.2) is 9.59 Å². The molecule has 0 fully saturated rings. The topological polar surface area (TPSA) is 52.6 Å². The molecule has 4 nitrogen and oxygen atoms in total. The molecule has 96 valence electrons. The molecule has 0 amide bonds. The molecule has 0 aromatic heterocycles. The second kappa shape index (κ2) is 6.59. The highest BCUT2D eigenvalue weighted by Crippen LogP contribution is 2.12. The maximum absolute atomic E-state index is 11.8. The van der Waals surface area contributed by atoms with Crippen molar-refractivity contribution in [3.8, 4) is 0 Å². The van der Waals surface area contributed by atoms with E-state index in [4.69, 9.17) is 4.74 Å². The first kappa shape index (κ1) is 14.0. The number of carbonyl (C=O) groups excluding carboxylic acids is 2. The van der Waals surface area contributed by atoms with Gasteiger partial charge in [0.05, 0.1) is 24.8 Å². The van der Waals surface area contributed by atoms with Crippen LogP contribution in [0.4, 0.5) is 0 Å². The quantitative estimate of drug-likeness (QED) is 0.593. The Kier molecular flexibility index (Phi) is 5.11. The molecule has 1 rings (SSSR count). The van der Waals surface area contributed by atoms with Gasteiger partial charge in [0, 0.05) is 6.42 Å². The van der Waals surface area contributed by atoms with Crippen molar-refractivity contribution in [1.82, 2.24) is 0 Å². The van der Waals surface area contributed by atoms with Crippen molar-refractivity contribution in [1.29, 1.82) is 0 Å². The van der Waals surface area contributed by atoms with E-state index in [9.17, 15) is 9.59 Å². The summed E-state index contributed by atoms with van der Waals surface area (Å²) in [6, 6.07) is 6.40. The summed E-state index contributed by atoms with van der Waals surface area (Å²) >= 11 is 0. The number of carbonyl (C=O) groups is 2. The predicted molar refractivity (Wildman–Crippen MR) is 67.5 cm³/mol. The monoisotopic (exact) mass is 248 g/mol. The molecule has 1 aromatic carbocycles. The van der Waals surface area contributed by atoms with E-state index in [1.165, 1.54) is 19.2 Å². The molecule has 4 heteroatoms. The fraction of sp³-hybridized carbons (Fsp3) is 0.286. The molecule has 18 heavy (non-hydrogen) atoms. The van der Waals surface area contributed by atoms with Gasteiger partial charge in [-0.15, -0.1) is 6.58 Å². The maximum atomic E-state index is 11.8. The van der Waals surface area contributed by atoms with Crippen LogP contribution in [0, 0.1) is 0 Å². The largest absolute Gasteiger partial charge is 0.465 e. The smallest absolute Gasteiger partial charge is 0.339 e. The van der Waals surface area contributed by atoms with Crippen molar-refractivity contribution in [2.75, 3.05) is 13.7 Å². The Morgan fingerprint density at radius 2 is 1.72 bits per heavy atom. The van der Waals surface area contributed by atoms with Crippen LogP contribution in [0.1, 0.15) is 34.1 Å². The molecule has 0 aliphatic rings. The average molecular weight is 248 g/mol. The number of esters is 2. The fourth-order valence-electron chi connectivity index (χ4n) is 1.34. The first-order chi connectivity index (χ1) is 8.56. The molecule has 0 aliphatic carbocycles. The Bertz CT molecular complexity index is 463. The lowest BCUT2D eigenvalue weighted by Crippen LogP contribution is -2.13. The van der Waals surface area contributed by atoms with Crippen LogP contribution >= 0.6 is 0 Å². The van der Waals surface area contributed by atoms with Crippen LogP contribution in [0.3, 0.4) is 0 Å². The summed E-state index contributed by atoms with van der Waals surface area (Å²) in [6.07, 6.45) is 0.603. The minimum Gasteiger partial charge on any atom is -0.465 e. The first-order valence-electron chi connectivity index (χ1n) is 5.55. The lowest BCUT2D eigenvalue weighted by molar-refractivity contribution is 0.0490. The highest BCUT2D eigenvalue weighted by atomic mass is 16.5. The molecule has 0 heterocycles. The molecule has 0 saturated carbocycles. The Morgan fingerprint density at radius 3 is 2.22 bits per heavy atom. The summed E-state index contributed by atoms with van der Waals surface area (Å²) < 4.78 is 9.68. The van der Waals surface area contributed by atoms with Gasteiger partial charge in [-0.3, -0.25) is 0 Å². The van der Waals surface area contributed by atoms with E-state index >= 15 is 0 Å². The number of benzene rings is 1. The zero-order chi connectivity index (χ0) is 13.5. The molecule has 0 bridgehead atoms. The molecule has 0 N–H and O–H groups in total. The zero-order valence-corrected chi connectivity index (χ0v) is 10.6. The van der Waals surface area contributed by atoms with Crippen molar-refractivity contribution in [3.05, 3.63) is 47.5 Å². The van der Waals surface area contributed by atoms with Crippen LogP contribution in [0.15, 0.2) is 36.4 Å². The Hall–Kier alpha value is -2.10. The minimum atomic E-state index is -0.553. The average Bonchev–Trinajstić information content (AvgIpc) is 2.37. The summed E-state index contributed by atoms with van der Waals surface area (Å²) in [4.78, 5) is 23.3. The lowest BCUT2D eigenvalue weighted by Gasteiger charge is -2.08. The van der Waals surface area contributed by atoms with Crippen LogP contribution in [0.25, 0.3) is 0 Å². The molecule has 0 unspecified atom stereocenters. The number of rotatable bonds is 5. The highest BCUT2D eigenvalue weighted by Gasteiger charge is 2.17. The molecule has 0 aliphatic heterocycles. The van der Waals surface area contributed by atoms with E-state index in [2.05, 4.69) is 11.3 Å². The molecule has 0 spiro atoms. The van der Waals surface area contributed by atoms with Gasteiger partial charge in [-0.05, 0) is 19.1 Å². The molecular formula is C14H16O4. The van der Waals surface area contributed by atoms with Gasteiger partial charge in [-0.2, -0.15) is 0 Å². The molecule has 1 aromatic rings. The van der Waals surface area contributed by atoms with Gasteiger partial charge < -0.3 is 9.47 Å². The molecule has 0 radical (unpaired) electrons. The molecular weight excluding hydrogens is 232 g/mol. The number of hydrogen-bond acceptors (Lipinski definition) is 4. The van der Waals surface area contributed by atoms with Crippen molar-refractivity contribution in [2.45, 2.75) is 13.3 Å². The molecule has 0 atom stereocenters. The third kappa shape index (κ3) is 3.73. The van der Waals surface area contributed by atoms with E-state index in [0.29, 0.717) is 6.42 Å². The highest BCUT2D eigenvalue weighted by molar-refractivity contribution is 6.03. The Balaban J connectivity index is 2.79. The van der Waals surface area contributed by atoms with E-state index in [0.717, 1.165) is 5.57 Å². The third-order valence-corrected chi connectivity index (χ3v) is 2.31. The van der Waals surface area contributed by atoms with Gasteiger partial charge >= 0.3 is 11.9 Å². The normalized spacial score (nSPS) is 9.67. The Morgan fingerprint density at radius 1 is 1.17 bits per heavy atom. The summed E-state index contributed by atoms with van der Waals surface area (Å²) in [6.45, 7) is 5.83. The number of ether oxygens (including phenoxy) is 2. The van der Waals surface area contributed by atoms with Gasteiger partial charge in [0.2, 0.25) is 0 Å². The van der Waals surface area contributed by atoms with E-state index in [-0.39, 0.29) is 17.7 Å². The minimum absolute atomic E-state index is 0.209. The summed E-state index contributed by atoms with van der Waals surface area (Å²) in [5.41, 5.74) is 1.36. The summed E-state index contributed by atoms with van der Waals surface area (Å²) in [7, 11) is 1.27. The van der Waals surface area contributed by atoms with Gasteiger partial charge in [-0.1, -0.05) is 17.7 Å². The number of hydrogen-bond donors (Lipinski definition) is 0. The fourth-order valence-corrected chi connectivity index (χ4v) is 1.34. The van der Waals surface area contributed by atoms with Crippen LogP contribution in [-0.4, -0.2) is 25.7 Å². The van der Waals surface area contributed by atoms with Gasteiger partial charge in [0.15, 0.2) is 0 Å². The van der Waals surface area contributed by atoms with Crippen molar-refractivity contribution in [2.24, 2.45) is 0 Å². The zero-order valence-electron chi connectivity index (χ0n) is 10.6.